The van der Waals surface area contributed by atoms with E-state index in [1.165, 1.54) is 23.5 Å². The Morgan fingerprint density at radius 1 is 1.30 bits per heavy atom. The molecule has 0 aliphatic carbocycles. The third-order valence-corrected chi connectivity index (χ3v) is 4.97. The number of hydrogen-bond donors (Lipinski definition) is 0. The Balaban J connectivity index is 1.65. The fourth-order valence-electron chi connectivity index (χ4n) is 2.70. The van der Waals surface area contributed by atoms with Crippen LogP contribution in [0.5, 0.6) is 0 Å². The Kier molecular flexibility index (Phi) is 5.03. The van der Waals surface area contributed by atoms with Crippen LogP contribution in [-0.2, 0) is 11.2 Å². The number of halogens is 1. The van der Waals surface area contributed by atoms with Gasteiger partial charge in [-0.05, 0) is 32.1 Å². The van der Waals surface area contributed by atoms with Crippen molar-refractivity contribution in [3.05, 3.63) is 41.2 Å². The van der Waals surface area contributed by atoms with Crippen molar-refractivity contribution in [3.8, 4) is 10.6 Å². The largest absolute Gasteiger partial charge is 0.341 e. The molecule has 3 rings (SSSR count). The van der Waals surface area contributed by atoms with E-state index in [1.54, 1.807) is 6.07 Å². The molecule has 6 heteroatoms. The van der Waals surface area contributed by atoms with E-state index in [2.05, 4.69) is 16.9 Å². The third-order valence-electron chi connectivity index (χ3n) is 4.03. The monoisotopic (exact) mass is 333 g/mol. The summed E-state index contributed by atoms with van der Waals surface area (Å²) >= 11 is 1.45. The lowest BCUT2D eigenvalue weighted by Crippen LogP contribution is -2.35. The molecular formula is C17H20FN3OS. The minimum absolute atomic E-state index is 0.122. The number of nitrogens with zero attached hydrogens (tertiary/aromatic N) is 3. The maximum Gasteiger partial charge on any atom is 0.228 e. The van der Waals surface area contributed by atoms with Crippen molar-refractivity contribution in [1.29, 1.82) is 0 Å². The van der Waals surface area contributed by atoms with E-state index < -0.39 is 0 Å². The summed E-state index contributed by atoms with van der Waals surface area (Å²) in [5, 5.41) is 2.64. The summed E-state index contributed by atoms with van der Waals surface area (Å²) in [5.41, 5.74) is 1.52. The topological polar surface area (TPSA) is 36.4 Å². The normalized spacial score (nSPS) is 16.3. The van der Waals surface area contributed by atoms with Crippen LogP contribution in [0.15, 0.2) is 29.6 Å². The van der Waals surface area contributed by atoms with Crippen LogP contribution in [0.3, 0.4) is 0 Å². The van der Waals surface area contributed by atoms with Gasteiger partial charge < -0.3 is 9.80 Å². The summed E-state index contributed by atoms with van der Waals surface area (Å²) in [6.45, 7) is 3.53. The van der Waals surface area contributed by atoms with Crippen molar-refractivity contribution in [2.45, 2.75) is 12.8 Å². The fourth-order valence-corrected chi connectivity index (χ4v) is 3.52. The highest BCUT2D eigenvalue weighted by Crippen LogP contribution is 2.24. The van der Waals surface area contributed by atoms with Gasteiger partial charge in [0, 0.05) is 30.6 Å². The van der Waals surface area contributed by atoms with Gasteiger partial charge in [-0.1, -0.05) is 12.1 Å². The van der Waals surface area contributed by atoms with Gasteiger partial charge in [0.05, 0.1) is 12.1 Å². The van der Waals surface area contributed by atoms with Crippen molar-refractivity contribution in [3.63, 3.8) is 0 Å². The molecule has 1 amide bonds. The van der Waals surface area contributed by atoms with Crippen LogP contribution in [-0.4, -0.2) is 53.9 Å². The highest BCUT2D eigenvalue weighted by molar-refractivity contribution is 7.13. The number of rotatable bonds is 3. The molecule has 0 radical (unpaired) electrons. The average molecular weight is 333 g/mol. The quantitative estimate of drug-likeness (QED) is 0.866. The van der Waals surface area contributed by atoms with Crippen LogP contribution < -0.4 is 0 Å². The second-order valence-electron chi connectivity index (χ2n) is 5.87. The summed E-state index contributed by atoms with van der Waals surface area (Å²) in [4.78, 5) is 21.1. The second-order valence-corrected chi connectivity index (χ2v) is 6.73. The Morgan fingerprint density at radius 3 is 3.00 bits per heavy atom. The first kappa shape index (κ1) is 16.1. The van der Waals surface area contributed by atoms with E-state index in [-0.39, 0.29) is 11.7 Å². The van der Waals surface area contributed by atoms with Gasteiger partial charge in [0.15, 0.2) is 0 Å². The van der Waals surface area contributed by atoms with E-state index in [0.717, 1.165) is 48.9 Å². The molecule has 23 heavy (non-hydrogen) atoms. The molecule has 0 unspecified atom stereocenters. The molecule has 1 aliphatic rings. The van der Waals surface area contributed by atoms with E-state index in [0.29, 0.717) is 6.42 Å². The Hall–Kier alpha value is -1.79. The van der Waals surface area contributed by atoms with Crippen molar-refractivity contribution >= 4 is 17.2 Å². The minimum atomic E-state index is -0.274. The first-order valence-electron chi connectivity index (χ1n) is 7.78. The number of carbonyl (C=O) groups excluding carboxylic acids is 1. The molecule has 1 aromatic carbocycles. The smallest absolute Gasteiger partial charge is 0.228 e. The molecule has 2 aromatic rings. The summed E-state index contributed by atoms with van der Waals surface area (Å²) < 4.78 is 13.3. The molecule has 1 aromatic heterocycles. The lowest BCUT2D eigenvalue weighted by Gasteiger charge is -2.20. The maximum absolute atomic E-state index is 13.3. The van der Waals surface area contributed by atoms with Crippen molar-refractivity contribution in [2.24, 2.45) is 0 Å². The SMILES string of the molecule is CN1CCCN(C(=O)Cc2csc(-c3cccc(F)c3)n2)CC1. The Morgan fingerprint density at radius 2 is 2.17 bits per heavy atom. The molecule has 0 atom stereocenters. The van der Waals surface area contributed by atoms with Crippen LogP contribution in [0.2, 0.25) is 0 Å². The van der Waals surface area contributed by atoms with Gasteiger partial charge in [0.2, 0.25) is 5.91 Å². The van der Waals surface area contributed by atoms with E-state index in [4.69, 9.17) is 0 Å². The highest BCUT2D eigenvalue weighted by atomic mass is 32.1. The highest BCUT2D eigenvalue weighted by Gasteiger charge is 2.18. The van der Waals surface area contributed by atoms with Crippen LogP contribution in [0.1, 0.15) is 12.1 Å². The lowest BCUT2D eigenvalue weighted by molar-refractivity contribution is -0.130. The number of hydrogen-bond acceptors (Lipinski definition) is 4. The number of likely N-dealkylation sites (N-methyl/N-ethyl adjacent to an activating group) is 1. The Bertz CT molecular complexity index is 688. The number of amides is 1. The second kappa shape index (κ2) is 7.19. The number of carbonyl (C=O) groups is 1. The first-order chi connectivity index (χ1) is 11.1. The third kappa shape index (κ3) is 4.14. The molecular weight excluding hydrogens is 313 g/mol. The van der Waals surface area contributed by atoms with E-state index in [9.17, 15) is 9.18 Å². The molecule has 122 valence electrons. The van der Waals surface area contributed by atoms with E-state index in [1.807, 2.05) is 16.3 Å². The molecule has 0 spiro atoms. The van der Waals surface area contributed by atoms with Gasteiger partial charge in [0.25, 0.3) is 0 Å². The molecule has 4 nitrogen and oxygen atoms in total. The van der Waals surface area contributed by atoms with Crippen molar-refractivity contribution in [1.82, 2.24) is 14.8 Å². The predicted molar refractivity (Wildman–Crippen MR) is 89.9 cm³/mol. The van der Waals surface area contributed by atoms with Gasteiger partial charge in [-0.15, -0.1) is 11.3 Å². The molecule has 0 N–H and O–H groups in total. The summed E-state index contributed by atoms with van der Waals surface area (Å²) in [7, 11) is 2.08. The number of aromatic nitrogens is 1. The van der Waals surface area contributed by atoms with Crippen LogP contribution in [0.4, 0.5) is 4.39 Å². The van der Waals surface area contributed by atoms with Gasteiger partial charge in [-0.3, -0.25) is 4.79 Å². The summed E-state index contributed by atoms with van der Waals surface area (Å²) in [6, 6.07) is 6.38. The van der Waals surface area contributed by atoms with Crippen LogP contribution >= 0.6 is 11.3 Å². The fraction of sp³-hybridized carbons (Fsp3) is 0.412. The zero-order chi connectivity index (χ0) is 16.2. The molecule has 0 saturated carbocycles. The molecule has 2 heterocycles. The average Bonchev–Trinajstić information content (AvgIpc) is 2.88. The standard InChI is InChI=1S/C17H20FN3OS/c1-20-6-3-7-21(9-8-20)16(22)11-15-12-23-17(19-15)13-4-2-5-14(18)10-13/h2,4-5,10,12H,3,6-9,11H2,1H3. The van der Waals surface area contributed by atoms with Gasteiger partial charge in [-0.2, -0.15) is 0 Å². The van der Waals surface area contributed by atoms with Crippen LogP contribution in [0.25, 0.3) is 10.6 Å². The zero-order valence-corrected chi connectivity index (χ0v) is 14.0. The molecule has 1 aliphatic heterocycles. The van der Waals surface area contributed by atoms with Crippen LogP contribution in [0, 0.1) is 5.82 Å². The molecule has 1 fully saturated rings. The lowest BCUT2D eigenvalue weighted by atomic mass is 10.2. The number of benzene rings is 1. The van der Waals surface area contributed by atoms with E-state index >= 15 is 0 Å². The summed E-state index contributed by atoms with van der Waals surface area (Å²) in [6.07, 6.45) is 1.32. The van der Waals surface area contributed by atoms with Crippen molar-refractivity contribution in [2.75, 3.05) is 33.2 Å². The summed E-state index contributed by atoms with van der Waals surface area (Å²) in [5.74, 6) is -0.152. The van der Waals surface area contributed by atoms with Gasteiger partial charge in [0.1, 0.15) is 10.8 Å². The first-order valence-corrected chi connectivity index (χ1v) is 8.66. The van der Waals surface area contributed by atoms with Crippen molar-refractivity contribution < 1.29 is 9.18 Å². The van der Waals surface area contributed by atoms with Gasteiger partial charge >= 0.3 is 0 Å². The zero-order valence-electron chi connectivity index (χ0n) is 13.2. The molecule has 0 bridgehead atoms. The molecule has 1 saturated heterocycles. The Labute approximate surface area is 139 Å². The minimum Gasteiger partial charge on any atom is -0.341 e. The maximum atomic E-state index is 13.3. The van der Waals surface area contributed by atoms with Gasteiger partial charge in [-0.25, -0.2) is 9.37 Å². The predicted octanol–water partition coefficient (Wildman–Crippen LogP) is 2.66. The number of thiazole rings is 1.